The molecule has 0 saturated carbocycles. The van der Waals surface area contributed by atoms with E-state index >= 15 is 0 Å². The summed E-state index contributed by atoms with van der Waals surface area (Å²) in [6.07, 6.45) is 4.88. The Labute approximate surface area is 119 Å². The van der Waals surface area contributed by atoms with Crippen LogP contribution in [0.25, 0.3) is 16.8 Å². The minimum atomic E-state index is 0.647. The van der Waals surface area contributed by atoms with Crippen LogP contribution in [0.4, 0.5) is 5.69 Å². The molecule has 0 fully saturated rings. The molecule has 0 aliphatic carbocycles. The molecule has 4 aromatic rings. The van der Waals surface area contributed by atoms with Gasteiger partial charge in [0.1, 0.15) is 17.7 Å². The van der Waals surface area contributed by atoms with Gasteiger partial charge in [0.25, 0.3) is 0 Å². The Morgan fingerprint density at radius 3 is 2.90 bits per heavy atom. The Morgan fingerprint density at radius 2 is 2.00 bits per heavy atom. The number of hydrogen-bond acceptors (Lipinski definition) is 5. The third kappa shape index (κ3) is 1.90. The summed E-state index contributed by atoms with van der Waals surface area (Å²) >= 11 is 0. The van der Waals surface area contributed by atoms with E-state index in [2.05, 4.69) is 25.1 Å². The number of imidazole rings is 1. The number of nitrogen functional groups attached to an aromatic ring is 1. The van der Waals surface area contributed by atoms with Crippen molar-refractivity contribution in [3.63, 3.8) is 0 Å². The Kier molecular flexibility index (Phi) is 2.56. The predicted molar refractivity (Wildman–Crippen MR) is 78.7 cm³/mol. The summed E-state index contributed by atoms with van der Waals surface area (Å²) < 4.78 is 1.89. The van der Waals surface area contributed by atoms with Gasteiger partial charge in [-0.1, -0.05) is 18.2 Å². The average molecular weight is 279 g/mol. The predicted octanol–water partition coefficient (Wildman–Crippen LogP) is 1.37. The smallest absolute Gasteiger partial charge is 0.189 e. The minimum Gasteiger partial charge on any atom is -0.399 e. The van der Waals surface area contributed by atoms with Crippen molar-refractivity contribution in [2.75, 3.05) is 5.73 Å². The molecule has 3 N–H and O–H groups in total. The number of nitrogens with two attached hydrogens (primary N) is 1. The van der Waals surface area contributed by atoms with Gasteiger partial charge in [0, 0.05) is 12.1 Å². The van der Waals surface area contributed by atoms with E-state index < -0.39 is 0 Å². The lowest BCUT2D eigenvalue weighted by Gasteiger charge is -2.04. The molecule has 0 saturated heterocycles. The number of anilines is 1. The first kappa shape index (κ1) is 11.8. The number of hydrogen-bond donors (Lipinski definition) is 2. The highest BCUT2D eigenvalue weighted by Crippen LogP contribution is 2.16. The zero-order chi connectivity index (χ0) is 14.2. The topological polar surface area (TPSA) is 97.8 Å². The molecule has 0 bridgehead atoms. The van der Waals surface area contributed by atoms with E-state index in [4.69, 9.17) is 5.73 Å². The van der Waals surface area contributed by atoms with Crippen LogP contribution in [0.2, 0.25) is 0 Å². The summed E-state index contributed by atoms with van der Waals surface area (Å²) in [7, 11) is 0. The maximum Gasteiger partial charge on any atom is 0.189 e. The van der Waals surface area contributed by atoms with Crippen molar-refractivity contribution in [3.8, 4) is 0 Å². The van der Waals surface area contributed by atoms with Gasteiger partial charge in [-0.3, -0.25) is 4.40 Å². The number of benzene rings is 1. The van der Waals surface area contributed by atoms with Crippen molar-refractivity contribution in [1.29, 1.82) is 0 Å². The summed E-state index contributed by atoms with van der Waals surface area (Å²) in [5.74, 6) is 0.859. The largest absolute Gasteiger partial charge is 0.399 e. The molecule has 21 heavy (non-hydrogen) atoms. The molecule has 0 atom stereocenters. The van der Waals surface area contributed by atoms with Crippen molar-refractivity contribution < 1.29 is 0 Å². The Balaban J connectivity index is 1.69. The maximum absolute atomic E-state index is 5.96. The van der Waals surface area contributed by atoms with Crippen LogP contribution in [0.5, 0.6) is 0 Å². The second-order valence-electron chi connectivity index (χ2n) is 4.85. The summed E-state index contributed by atoms with van der Waals surface area (Å²) in [4.78, 5) is 11.5. The SMILES string of the molecule is Nc1ccccc1CCc1nnc2c3[nH]cnc3ncn12. The number of rotatable bonds is 3. The summed E-state index contributed by atoms with van der Waals surface area (Å²) in [6.45, 7) is 0. The van der Waals surface area contributed by atoms with E-state index in [1.807, 2.05) is 28.7 Å². The Morgan fingerprint density at radius 1 is 1.10 bits per heavy atom. The van der Waals surface area contributed by atoms with E-state index in [-0.39, 0.29) is 0 Å². The normalized spacial score (nSPS) is 11.4. The molecular weight excluding hydrogens is 266 g/mol. The zero-order valence-electron chi connectivity index (χ0n) is 11.2. The first-order valence-electron chi connectivity index (χ1n) is 6.68. The second kappa shape index (κ2) is 4.55. The van der Waals surface area contributed by atoms with Crippen molar-refractivity contribution in [1.82, 2.24) is 29.5 Å². The number of para-hydroxylation sites is 1. The average Bonchev–Trinajstić information content (AvgIpc) is 3.12. The van der Waals surface area contributed by atoms with Crippen LogP contribution < -0.4 is 5.73 Å². The number of fused-ring (bicyclic) bond motifs is 3. The molecular formula is C14H13N7. The highest BCUT2D eigenvalue weighted by molar-refractivity contribution is 5.84. The van der Waals surface area contributed by atoms with E-state index in [0.717, 1.165) is 41.1 Å². The fraction of sp³-hybridized carbons (Fsp3) is 0.143. The van der Waals surface area contributed by atoms with Gasteiger partial charge < -0.3 is 10.7 Å². The van der Waals surface area contributed by atoms with Gasteiger partial charge in [0.15, 0.2) is 11.3 Å². The van der Waals surface area contributed by atoms with E-state index in [1.165, 1.54) is 0 Å². The van der Waals surface area contributed by atoms with Crippen molar-refractivity contribution in [2.45, 2.75) is 12.8 Å². The molecule has 0 unspecified atom stereocenters. The lowest BCUT2D eigenvalue weighted by atomic mass is 10.1. The number of nitrogens with one attached hydrogen (secondary N) is 1. The summed E-state index contributed by atoms with van der Waals surface area (Å²) in [5, 5.41) is 8.48. The van der Waals surface area contributed by atoms with Crippen LogP contribution in [0.3, 0.4) is 0 Å². The lowest BCUT2D eigenvalue weighted by Crippen LogP contribution is -2.01. The number of aromatic nitrogens is 6. The third-order valence-corrected chi connectivity index (χ3v) is 3.58. The van der Waals surface area contributed by atoms with Crippen LogP contribution in [0.1, 0.15) is 11.4 Å². The Hall–Kier alpha value is -2.96. The Bertz CT molecular complexity index is 921. The summed E-state index contributed by atoms with van der Waals surface area (Å²) in [6, 6.07) is 7.87. The lowest BCUT2D eigenvalue weighted by molar-refractivity contribution is 0.834. The van der Waals surface area contributed by atoms with Gasteiger partial charge in [-0.25, -0.2) is 9.97 Å². The number of H-pyrrole nitrogens is 1. The van der Waals surface area contributed by atoms with Gasteiger partial charge in [0.05, 0.1) is 6.33 Å². The molecule has 4 rings (SSSR count). The number of nitrogens with zero attached hydrogens (tertiary/aromatic N) is 5. The van der Waals surface area contributed by atoms with Crippen molar-refractivity contribution in [2.24, 2.45) is 0 Å². The van der Waals surface area contributed by atoms with E-state index in [1.54, 1.807) is 12.7 Å². The number of aryl methyl sites for hydroxylation is 2. The quantitative estimate of drug-likeness (QED) is 0.552. The highest BCUT2D eigenvalue weighted by atomic mass is 15.3. The molecule has 1 aromatic carbocycles. The zero-order valence-corrected chi connectivity index (χ0v) is 11.2. The summed E-state index contributed by atoms with van der Waals surface area (Å²) in [5.41, 5.74) is 10.1. The molecule has 0 aliphatic rings. The second-order valence-corrected chi connectivity index (χ2v) is 4.85. The molecule has 0 radical (unpaired) electrons. The first-order valence-corrected chi connectivity index (χ1v) is 6.68. The third-order valence-electron chi connectivity index (χ3n) is 3.58. The minimum absolute atomic E-state index is 0.647. The van der Waals surface area contributed by atoms with Crippen LogP contribution >= 0.6 is 0 Å². The van der Waals surface area contributed by atoms with Gasteiger partial charge in [0.2, 0.25) is 0 Å². The molecule has 7 heteroatoms. The van der Waals surface area contributed by atoms with Crippen molar-refractivity contribution >= 4 is 22.5 Å². The molecule has 0 aliphatic heterocycles. The standard InChI is InChI=1S/C14H13N7/c15-10-4-2-1-3-9(10)5-6-11-19-20-14-12-13(17-7-16-12)18-8-21(11)14/h1-4,7-8H,5-6,15H2,(H,16,17). The monoisotopic (exact) mass is 279 g/mol. The molecule has 7 nitrogen and oxygen atoms in total. The fourth-order valence-electron chi connectivity index (χ4n) is 2.46. The van der Waals surface area contributed by atoms with Crippen molar-refractivity contribution in [3.05, 3.63) is 48.3 Å². The molecule has 104 valence electrons. The first-order chi connectivity index (χ1) is 10.3. The maximum atomic E-state index is 5.96. The number of aromatic amines is 1. The molecule has 0 spiro atoms. The van der Waals surface area contributed by atoms with E-state index in [0.29, 0.717) is 5.65 Å². The van der Waals surface area contributed by atoms with Crippen LogP contribution in [-0.2, 0) is 12.8 Å². The van der Waals surface area contributed by atoms with Crippen LogP contribution in [0.15, 0.2) is 36.9 Å². The van der Waals surface area contributed by atoms with Crippen LogP contribution in [0, 0.1) is 0 Å². The van der Waals surface area contributed by atoms with Gasteiger partial charge in [-0.15, -0.1) is 10.2 Å². The highest BCUT2D eigenvalue weighted by Gasteiger charge is 2.11. The molecule has 0 amide bonds. The van der Waals surface area contributed by atoms with Crippen LogP contribution in [-0.4, -0.2) is 29.5 Å². The molecule has 3 heterocycles. The van der Waals surface area contributed by atoms with Gasteiger partial charge >= 0.3 is 0 Å². The molecule has 3 aromatic heterocycles. The fourth-order valence-corrected chi connectivity index (χ4v) is 2.46. The van der Waals surface area contributed by atoms with E-state index in [9.17, 15) is 0 Å². The van der Waals surface area contributed by atoms with Gasteiger partial charge in [-0.2, -0.15) is 0 Å². The van der Waals surface area contributed by atoms with Gasteiger partial charge in [-0.05, 0) is 18.1 Å².